The summed E-state index contributed by atoms with van der Waals surface area (Å²) in [7, 11) is 3.60. The monoisotopic (exact) mass is 307 g/mol. The Hall–Kier alpha value is -2.01. The number of anilines is 1. The maximum atomic E-state index is 11.5. The molecule has 0 aliphatic rings. The van der Waals surface area contributed by atoms with Crippen molar-refractivity contribution >= 4 is 23.4 Å². The lowest BCUT2D eigenvalue weighted by atomic mass is 10.1. The molecule has 0 spiro atoms. The molecule has 0 saturated heterocycles. The molecule has 0 saturated carbocycles. The first-order valence-electron chi connectivity index (χ1n) is 6.58. The third kappa shape index (κ3) is 2.88. The van der Waals surface area contributed by atoms with Gasteiger partial charge in [0.25, 0.3) is 0 Å². The predicted octanol–water partition coefficient (Wildman–Crippen LogP) is 3.28. The molecule has 1 aromatic carbocycles. The van der Waals surface area contributed by atoms with E-state index in [1.165, 1.54) is 0 Å². The standard InChI is InChI=1S/C15H18ClN3O2/c1-9-13(15(20)21)14(19(4)17-9)18(3)10(2)11-6-5-7-12(16)8-11/h5-8,10H,1-4H3,(H,20,21). The van der Waals surface area contributed by atoms with Gasteiger partial charge in [0.15, 0.2) is 0 Å². The SMILES string of the molecule is Cc1nn(C)c(N(C)C(C)c2cccc(Cl)c2)c1C(=O)O. The average molecular weight is 308 g/mol. The molecule has 1 heterocycles. The summed E-state index contributed by atoms with van der Waals surface area (Å²) >= 11 is 6.03. The normalized spacial score (nSPS) is 12.2. The molecule has 0 amide bonds. The van der Waals surface area contributed by atoms with Crippen LogP contribution in [-0.4, -0.2) is 27.9 Å². The Bertz CT molecular complexity index is 682. The van der Waals surface area contributed by atoms with Gasteiger partial charge < -0.3 is 10.0 Å². The summed E-state index contributed by atoms with van der Waals surface area (Å²) in [5.41, 5.74) is 1.75. The van der Waals surface area contributed by atoms with Gasteiger partial charge >= 0.3 is 5.97 Å². The molecule has 6 heteroatoms. The maximum Gasteiger partial charge on any atom is 0.341 e. The third-order valence-electron chi connectivity index (χ3n) is 3.65. The van der Waals surface area contributed by atoms with E-state index >= 15 is 0 Å². The lowest BCUT2D eigenvalue weighted by Gasteiger charge is -2.27. The zero-order valence-electron chi connectivity index (χ0n) is 12.5. The van der Waals surface area contributed by atoms with Gasteiger partial charge in [0.1, 0.15) is 11.4 Å². The van der Waals surface area contributed by atoms with Crippen molar-refractivity contribution in [3.05, 3.63) is 46.1 Å². The van der Waals surface area contributed by atoms with Gasteiger partial charge in [0.05, 0.1) is 11.7 Å². The van der Waals surface area contributed by atoms with Crippen molar-refractivity contribution in [1.82, 2.24) is 9.78 Å². The molecule has 1 aromatic heterocycles. The summed E-state index contributed by atoms with van der Waals surface area (Å²) in [5.74, 6) is -0.395. The lowest BCUT2D eigenvalue weighted by Crippen LogP contribution is -2.25. The number of carbonyl (C=O) groups is 1. The second-order valence-corrected chi connectivity index (χ2v) is 5.49. The summed E-state index contributed by atoms with van der Waals surface area (Å²) in [4.78, 5) is 13.4. The van der Waals surface area contributed by atoms with E-state index in [0.29, 0.717) is 16.5 Å². The zero-order chi connectivity index (χ0) is 15.7. The fourth-order valence-electron chi connectivity index (χ4n) is 2.47. The molecule has 5 nitrogen and oxygen atoms in total. The number of aryl methyl sites for hydroxylation is 2. The van der Waals surface area contributed by atoms with Crippen molar-refractivity contribution in [3.63, 3.8) is 0 Å². The van der Waals surface area contributed by atoms with Gasteiger partial charge in [-0.3, -0.25) is 4.68 Å². The predicted molar refractivity (Wildman–Crippen MR) is 83.2 cm³/mol. The van der Waals surface area contributed by atoms with Crippen LogP contribution in [0.15, 0.2) is 24.3 Å². The number of halogens is 1. The highest BCUT2D eigenvalue weighted by atomic mass is 35.5. The van der Waals surface area contributed by atoms with Crippen LogP contribution in [0.5, 0.6) is 0 Å². The van der Waals surface area contributed by atoms with Gasteiger partial charge in [-0.1, -0.05) is 23.7 Å². The third-order valence-corrected chi connectivity index (χ3v) is 3.89. The van der Waals surface area contributed by atoms with E-state index in [4.69, 9.17) is 11.6 Å². The molecule has 1 N–H and O–H groups in total. The van der Waals surface area contributed by atoms with E-state index in [2.05, 4.69) is 5.10 Å². The maximum absolute atomic E-state index is 11.5. The van der Waals surface area contributed by atoms with Gasteiger partial charge in [-0.15, -0.1) is 0 Å². The van der Waals surface area contributed by atoms with Gasteiger partial charge in [-0.05, 0) is 31.5 Å². The van der Waals surface area contributed by atoms with E-state index in [-0.39, 0.29) is 11.6 Å². The number of rotatable bonds is 4. The van der Waals surface area contributed by atoms with Crippen LogP contribution in [0.25, 0.3) is 0 Å². The van der Waals surface area contributed by atoms with Crippen molar-refractivity contribution < 1.29 is 9.90 Å². The first kappa shape index (κ1) is 15.4. The zero-order valence-corrected chi connectivity index (χ0v) is 13.2. The van der Waals surface area contributed by atoms with Crippen LogP contribution in [-0.2, 0) is 7.05 Å². The number of benzene rings is 1. The highest BCUT2D eigenvalue weighted by Crippen LogP contribution is 2.30. The minimum absolute atomic E-state index is 0.0309. The largest absolute Gasteiger partial charge is 0.477 e. The highest BCUT2D eigenvalue weighted by Gasteiger charge is 2.25. The molecule has 1 atom stereocenters. The Morgan fingerprint density at radius 3 is 2.71 bits per heavy atom. The lowest BCUT2D eigenvalue weighted by molar-refractivity contribution is 0.0696. The Labute approximate surface area is 128 Å². The van der Waals surface area contributed by atoms with Gasteiger partial charge in [0, 0.05) is 19.1 Å². The van der Waals surface area contributed by atoms with Crippen molar-refractivity contribution in [1.29, 1.82) is 0 Å². The first-order chi connectivity index (χ1) is 9.82. The van der Waals surface area contributed by atoms with Gasteiger partial charge in [-0.25, -0.2) is 4.79 Å². The summed E-state index contributed by atoms with van der Waals surface area (Å²) in [6.45, 7) is 3.70. The number of aromatic carboxylic acids is 1. The minimum Gasteiger partial charge on any atom is -0.477 e. The van der Waals surface area contributed by atoms with Crippen LogP contribution in [0, 0.1) is 6.92 Å². The van der Waals surface area contributed by atoms with Crippen LogP contribution in [0.2, 0.25) is 5.02 Å². The van der Waals surface area contributed by atoms with Crippen molar-refractivity contribution in [3.8, 4) is 0 Å². The molecule has 1 unspecified atom stereocenters. The summed E-state index contributed by atoms with van der Waals surface area (Å²) in [6.07, 6.45) is 0. The number of aromatic nitrogens is 2. The molecule has 0 aliphatic carbocycles. The van der Waals surface area contributed by atoms with Crippen molar-refractivity contribution in [2.45, 2.75) is 19.9 Å². The molecule has 112 valence electrons. The van der Waals surface area contributed by atoms with Crippen molar-refractivity contribution in [2.24, 2.45) is 7.05 Å². The molecule has 2 aromatic rings. The van der Waals surface area contributed by atoms with Crippen LogP contribution < -0.4 is 4.90 Å². The summed E-state index contributed by atoms with van der Waals surface area (Å²) < 4.78 is 1.60. The second kappa shape index (κ2) is 5.77. The summed E-state index contributed by atoms with van der Waals surface area (Å²) in [6, 6.07) is 7.52. The molecule has 0 aliphatic heterocycles. The van der Waals surface area contributed by atoms with Crippen LogP contribution >= 0.6 is 11.6 Å². The van der Waals surface area contributed by atoms with Crippen LogP contribution in [0.4, 0.5) is 5.82 Å². The fraction of sp³-hybridized carbons (Fsp3) is 0.333. The number of hydrogen-bond acceptors (Lipinski definition) is 3. The van der Waals surface area contributed by atoms with E-state index in [9.17, 15) is 9.90 Å². The van der Waals surface area contributed by atoms with E-state index < -0.39 is 5.97 Å². The molecular weight excluding hydrogens is 290 g/mol. The minimum atomic E-state index is -0.972. The van der Waals surface area contributed by atoms with Crippen LogP contribution in [0.3, 0.4) is 0 Å². The molecule has 21 heavy (non-hydrogen) atoms. The molecule has 0 radical (unpaired) electrons. The van der Waals surface area contributed by atoms with Crippen molar-refractivity contribution in [2.75, 3.05) is 11.9 Å². The smallest absolute Gasteiger partial charge is 0.341 e. The molecule has 2 rings (SSSR count). The molecule has 0 fully saturated rings. The number of hydrogen-bond donors (Lipinski definition) is 1. The number of nitrogens with zero attached hydrogens (tertiary/aromatic N) is 3. The Morgan fingerprint density at radius 2 is 2.14 bits per heavy atom. The Morgan fingerprint density at radius 1 is 1.48 bits per heavy atom. The quantitative estimate of drug-likeness (QED) is 0.941. The van der Waals surface area contributed by atoms with E-state index in [0.717, 1.165) is 5.56 Å². The topological polar surface area (TPSA) is 58.4 Å². The van der Waals surface area contributed by atoms with E-state index in [1.54, 1.807) is 18.7 Å². The fourth-order valence-corrected chi connectivity index (χ4v) is 2.67. The van der Waals surface area contributed by atoms with Crippen LogP contribution in [0.1, 0.15) is 34.6 Å². The van der Waals surface area contributed by atoms with E-state index in [1.807, 2.05) is 43.1 Å². The Kier molecular flexibility index (Phi) is 4.23. The second-order valence-electron chi connectivity index (χ2n) is 5.05. The summed E-state index contributed by atoms with van der Waals surface area (Å²) in [5, 5.41) is 14.3. The number of carboxylic acid groups (broad SMARTS) is 1. The highest BCUT2D eigenvalue weighted by molar-refractivity contribution is 6.30. The molecule has 0 bridgehead atoms. The van der Waals surface area contributed by atoms with Gasteiger partial charge in [-0.2, -0.15) is 5.10 Å². The Balaban J connectivity index is 2.45. The average Bonchev–Trinajstić information content (AvgIpc) is 2.71. The first-order valence-corrected chi connectivity index (χ1v) is 6.96. The van der Waals surface area contributed by atoms with Gasteiger partial charge in [0.2, 0.25) is 0 Å². The number of carboxylic acids is 1. The molecular formula is C15H18ClN3O2.